The van der Waals surface area contributed by atoms with Crippen molar-refractivity contribution in [1.29, 1.82) is 0 Å². The van der Waals surface area contributed by atoms with Crippen LogP contribution in [0.5, 0.6) is 0 Å². The molecule has 0 aliphatic carbocycles. The number of nitrogens with zero attached hydrogens (tertiary/aromatic N) is 1. The first kappa shape index (κ1) is 14.3. The van der Waals surface area contributed by atoms with Gasteiger partial charge in [0.2, 0.25) is 0 Å². The van der Waals surface area contributed by atoms with Crippen LogP contribution in [-0.2, 0) is 4.79 Å². The van der Waals surface area contributed by atoms with Gasteiger partial charge in [0.15, 0.2) is 0 Å². The highest BCUT2D eigenvalue weighted by Gasteiger charge is 2.45. The van der Waals surface area contributed by atoms with Crippen molar-refractivity contribution >= 4 is 16.9 Å². The molecule has 2 unspecified atom stereocenters. The summed E-state index contributed by atoms with van der Waals surface area (Å²) >= 11 is 0. The Kier molecular flexibility index (Phi) is 3.65. The standard InChI is InChI=1S/C14H12F3NO2/c1-8(14(15,16)17)12(13(19)20)10-6-9-4-2-3-5-11(9)18-7-10/h2-8,12H,1H3,(H,19,20). The predicted octanol–water partition coefficient (Wildman–Crippen LogP) is 3.60. The molecule has 1 N–H and O–H groups in total. The molecule has 0 amide bonds. The van der Waals surface area contributed by atoms with E-state index in [1.165, 1.54) is 12.3 Å². The van der Waals surface area contributed by atoms with Gasteiger partial charge >= 0.3 is 12.1 Å². The fourth-order valence-corrected chi connectivity index (χ4v) is 2.09. The zero-order valence-electron chi connectivity index (χ0n) is 10.6. The summed E-state index contributed by atoms with van der Waals surface area (Å²) in [5.41, 5.74) is 0.668. The number of benzene rings is 1. The normalized spacial score (nSPS) is 15.0. The topological polar surface area (TPSA) is 50.2 Å². The van der Waals surface area contributed by atoms with Gasteiger partial charge in [-0.05, 0) is 17.7 Å². The first-order valence-corrected chi connectivity index (χ1v) is 5.95. The number of fused-ring (bicyclic) bond motifs is 1. The van der Waals surface area contributed by atoms with E-state index < -0.39 is 24.0 Å². The summed E-state index contributed by atoms with van der Waals surface area (Å²) in [6.45, 7) is 0.869. The van der Waals surface area contributed by atoms with Crippen LogP contribution in [0.1, 0.15) is 18.4 Å². The second-order valence-corrected chi connectivity index (χ2v) is 4.61. The molecule has 0 spiro atoms. The smallest absolute Gasteiger partial charge is 0.392 e. The summed E-state index contributed by atoms with van der Waals surface area (Å²) in [5, 5.41) is 9.72. The minimum Gasteiger partial charge on any atom is -0.481 e. The van der Waals surface area contributed by atoms with E-state index in [-0.39, 0.29) is 5.56 Å². The van der Waals surface area contributed by atoms with Crippen LogP contribution in [0, 0.1) is 5.92 Å². The lowest BCUT2D eigenvalue weighted by molar-refractivity contribution is -0.183. The molecule has 2 aromatic rings. The number of rotatable bonds is 3. The van der Waals surface area contributed by atoms with E-state index in [4.69, 9.17) is 5.11 Å². The summed E-state index contributed by atoms with van der Waals surface area (Å²) in [6.07, 6.45) is -3.38. The van der Waals surface area contributed by atoms with E-state index in [0.29, 0.717) is 10.9 Å². The third kappa shape index (κ3) is 2.74. The lowest BCUT2D eigenvalue weighted by Crippen LogP contribution is -2.31. The molecule has 2 rings (SSSR count). The van der Waals surface area contributed by atoms with Gasteiger partial charge in [-0.3, -0.25) is 9.78 Å². The number of pyridine rings is 1. The summed E-state index contributed by atoms with van der Waals surface area (Å²) in [5.74, 6) is -5.15. The van der Waals surface area contributed by atoms with Crippen LogP contribution in [0.25, 0.3) is 10.9 Å². The number of carboxylic acid groups (broad SMARTS) is 1. The van der Waals surface area contributed by atoms with Crippen LogP contribution in [0.4, 0.5) is 13.2 Å². The van der Waals surface area contributed by atoms with Gasteiger partial charge in [0, 0.05) is 11.6 Å². The summed E-state index contributed by atoms with van der Waals surface area (Å²) in [4.78, 5) is 15.2. The first-order chi connectivity index (χ1) is 9.30. The Labute approximate surface area is 113 Å². The Morgan fingerprint density at radius 1 is 1.30 bits per heavy atom. The van der Waals surface area contributed by atoms with Crippen molar-refractivity contribution in [2.45, 2.75) is 19.0 Å². The molecule has 0 fully saturated rings. The number of hydrogen-bond donors (Lipinski definition) is 1. The molecule has 0 radical (unpaired) electrons. The second kappa shape index (κ2) is 5.11. The molecule has 6 heteroatoms. The maximum absolute atomic E-state index is 12.8. The number of hydrogen-bond acceptors (Lipinski definition) is 2. The van der Waals surface area contributed by atoms with Gasteiger partial charge in [-0.25, -0.2) is 0 Å². The van der Waals surface area contributed by atoms with Crippen LogP contribution in [0.2, 0.25) is 0 Å². The highest BCUT2D eigenvalue weighted by atomic mass is 19.4. The maximum Gasteiger partial charge on any atom is 0.392 e. The van der Waals surface area contributed by atoms with E-state index in [0.717, 1.165) is 6.92 Å². The average molecular weight is 283 g/mol. The third-order valence-electron chi connectivity index (χ3n) is 3.25. The molecule has 106 valence electrons. The van der Waals surface area contributed by atoms with E-state index in [2.05, 4.69) is 4.98 Å². The Bertz CT molecular complexity index is 640. The molecule has 0 aliphatic heterocycles. The largest absolute Gasteiger partial charge is 0.481 e. The minimum atomic E-state index is -4.57. The molecular weight excluding hydrogens is 271 g/mol. The highest BCUT2D eigenvalue weighted by molar-refractivity contribution is 5.82. The Morgan fingerprint density at radius 2 is 1.95 bits per heavy atom. The highest BCUT2D eigenvalue weighted by Crippen LogP contribution is 2.37. The number of carbonyl (C=O) groups is 1. The van der Waals surface area contributed by atoms with Crippen LogP contribution in [0.3, 0.4) is 0 Å². The van der Waals surface area contributed by atoms with Crippen LogP contribution >= 0.6 is 0 Å². The van der Waals surface area contributed by atoms with Gasteiger partial charge in [0.05, 0.1) is 17.4 Å². The molecule has 1 heterocycles. The zero-order valence-corrected chi connectivity index (χ0v) is 10.6. The first-order valence-electron chi connectivity index (χ1n) is 5.95. The molecule has 2 atom stereocenters. The van der Waals surface area contributed by atoms with Crippen LogP contribution in [0.15, 0.2) is 36.5 Å². The lowest BCUT2D eigenvalue weighted by atomic mass is 9.87. The van der Waals surface area contributed by atoms with Gasteiger partial charge in [-0.1, -0.05) is 25.1 Å². The molecular formula is C14H12F3NO2. The number of carboxylic acids is 1. The van der Waals surface area contributed by atoms with Crippen molar-refractivity contribution in [1.82, 2.24) is 4.98 Å². The average Bonchev–Trinajstić information content (AvgIpc) is 2.37. The summed E-state index contributed by atoms with van der Waals surface area (Å²) in [7, 11) is 0. The second-order valence-electron chi connectivity index (χ2n) is 4.61. The fourth-order valence-electron chi connectivity index (χ4n) is 2.09. The Hall–Kier alpha value is -2.11. The Morgan fingerprint density at radius 3 is 2.55 bits per heavy atom. The van der Waals surface area contributed by atoms with Crippen molar-refractivity contribution in [3.63, 3.8) is 0 Å². The molecule has 0 saturated heterocycles. The molecule has 0 aliphatic rings. The molecule has 1 aromatic carbocycles. The van der Waals surface area contributed by atoms with Gasteiger partial charge in [0.25, 0.3) is 0 Å². The van der Waals surface area contributed by atoms with E-state index in [1.54, 1.807) is 24.3 Å². The van der Waals surface area contributed by atoms with Crippen molar-refractivity contribution < 1.29 is 23.1 Å². The third-order valence-corrected chi connectivity index (χ3v) is 3.25. The van der Waals surface area contributed by atoms with E-state index >= 15 is 0 Å². The van der Waals surface area contributed by atoms with Gasteiger partial charge in [-0.2, -0.15) is 13.2 Å². The monoisotopic (exact) mass is 283 g/mol. The van der Waals surface area contributed by atoms with Crippen molar-refractivity contribution in [2.75, 3.05) is 0 Å². The van der Waals surface area contributed by atoms with Crippen molar-refractivity contribution in [3.05, 3.63) is 42.1 Å². The van der Waals surface area contributed by atoms with Gasteiger partial charge < -0.3 is 5.11 Å². The molecule has 20 heavy (non-hydrogen) atoms. The number of alkyl halides is 3. The molecule has 0 saturated carbocycles. The molecule has 1 aromatic heterocycles. The SMILES string of the molecule is CC(C(C(=O)O)c1cnc2ccccc2c1)C(F)(F)F. The summed E-state index contributed by atoms with van der Waals surface area (Å²) in [6, 6.07) is 8.31. The summed E-state index contributed by atoms with van der Waals surface area (Å²) < 4.78 is 38.3. The fraction of sp³-hybridized carbons (Fsp3) is 0.286. The molecule has 3 nitrogen and oxygen atoms in total. The maximum atomic E-state index is 12.8. The van der Waals surface area contributed by atoms with Crippen LogP contribution < -0.4 is 0 Å². The van der Waals surface area contributed by atoms with Crippen molar-refractivity contribution in [2.24, 2.45) is 5.92 Å². The number of para-hydroxylation sites is 1. The quantitative estimate of drug-likeness (QED) is 0.936. The zero-order chi connectivity index (χ0) is 14.9. The lowest BCUT2D eigenvalue weighted by Gasteiger charge is -2.23. The van der Waals surface area contributed by atoms with E-state index in [1.807, 2.05) is 0 Å². The van der Waals surface area contributed by atoms with E-state index in [9.17, 15) is 18.0 Å². The minimum absolute atomic E-state index is 0.0565. The van der Waals surface area contributed by atoms with Crippen LogP contribution in [-0.4, -0.2) is 22.2 Å². The number of aliphatic carboxylic acids is 1. The molecule has 0 bridgehead atoms. The van der Waals surface area contributed by atoms with Crippen molar-refractivity contribution in [3.8, 4) is 0 Å². The predicted molar refractivity (Wildman–Crippen MR) is 67.3 cm³/mol. The number of halogens is 3. The number of aromatic nitrogens is 1. The van der Waals surface area contributed by atoms with Gasteiger partial charge in [0.1, 0.15) is 0 Å². The van der Waals surface area contributed by atoms with Gasteiger partial charge in [-0.15, -0.1) is 0 Å². The Balaban J connectivity index is 2.49.